The quantitative estimate of drug-likeness (QED) is 0.605. The van der Waals surface area contributed by atoms with Gasteiger partial charge in [-0.2, -0.15) is 4.31 Å². The largest absolute Gasteiger partial charge is 0.379 e. The van der Waals surface area contributed by atoms with E-state index in [-0.39, 0.29) is 54.8 Å². The predicted octanol–water partition coefficient (Wildman–Crippen LogP) is 1.28. The van der Waals surface area contributed by atoms with Gasteiger partial charge in [0.1, 0.15) is 5.82 Å². The molecule has 1 unspecified atom stereocenters. The number of ether oxygens (including phenoxy) is 1. The maximum Gasteiger partial charge on any atom is 0.257 e. The van der Waals surface area contributed by atoms with Crippen molar-refractivity contribution in [2.75, 3.05) is 44.4 Å². The number of hydrogen-bond acceptors (Lipinski definition) is 6. The van der Waals surface area contributed by atoms with Crippen molar-refractivity contribution in [3.63, 3.8) is 0 Å². The Hall–Kier alpha value is -1.56. The van der Waals surface area contributed by atoms with Gasteiger partial charge in [0.15, 0.2) is 9.84 Å². The molecule has 0 bridgehead atoms. The Morgan fingerprint density at radius 3 is 2.60 bits per heavy atom. The van der Waals surface area contributed by atoms with Crippen LogP contribution in [0.2, 0.25) is 0 Å². The summed E-state index contributed by atoms with van der Waals surface area (Å²) in [7, 11) is -7.13. The molecule has 0 aliphatic carbocycles. The summed E-state index contributed by atoms with van der Waals surface area (Å²) in [5.41, 5.74) is -0.357. The number of carbonyl (C=O) groups excluding carboxylic acids is 1. The molecule has 0 spiro atoms. The molecular weight excluding hydrogens is 435 g/mol. The Morgan fingerprint density at radius 1 is 1.30 bits per heavy atom. The van der Waals surface area contributed by atoms with Crippen molar-refractivity contribution in [1.82, 2.24) is 9.21 Å². The average molecular weight is 463 g/mol. The molecule has 0 aromatic heterocycles. The molecule has 30 heavy (non-hydrogen) atoms. The molecule has 11 heteroatoms. The van der Waals surface area contributed by atoms with Gasteiger partial charge in [-0.15, -0.1) is 0 Å². The van der Waals surface area contributed by atoms with Crippen LogP contribution in [0.5, 0.6) is 0 Å². The van der Waals surface area contributed by atoms with E-state index in [0.717, 1.165) is 24.6 Å². The van der Waals surface area contributed by atoms with E-state index in [1.165, 1.54) is 9.21 Å². The number of benzene rings is 1. The number of nitrogens with zero attached hydrogens (tertiary/aromatic N) is 2. The fourth-order valence-electron chi connectivity index (χ4n) is 3.72. The summed E-state index contributed by atoms with van der Waals surface area (Å²) < 4.78 is 70.6. The van der Waals surface area contributed by atoms with Gasteiger partial charge in [0.25, 0.3) is 5.91 Å². The van der Waals surface area contributed by atoms with E-state index in [9.17, 15) is 26.0 Å². The van der Waals surface area contributed by atoms with Gasteiger partial charge in [0.05, 0.1) is 35.2 Å². The van der Waals surface area contributed by atoms with Gasteiger partial charge in [0.2, 0.25) is 10.0 Å². The van der Waals surface area contributed by atoms with Gasteiger partial charge < -0.3 is 9.64 Å². The van der Waals surface area contributed by atoms with Crippen LogP contribution in [-0.4, -0.2) is 82.3 Å². The highest BCUT2D eigenvalue weighted by Crippen LogP contribution is 2.25. The zero-order valence-electron chi connectivity index (χ0n) is 16.9. The lowest BCUT2D eigenvalue weighted by atomic mass is 10.1. The Labute approximate surface area is 177 Å². The van der Waals surface area contributed by atoms with Crippen molar-refractivity contribution in [3.05, 3.63) is 29.6 Å². The van der Waals surface area contributed by atoms with Crippen molar-refractivity contribution in [2.24, 2.45) is 0 Å². The summed E-state index contributed by atoms with van der Waals surface area (Å²) >= 11 is 0. The van der Waals surface area contributed by atoms with Crippen LogP contribution in [0.3, 0.4) is 0 Å². The molecule has 2 fully saturated rings. The van der Waals surface area contributed by atoms with E-state index < -0.39 is 37.6 Å². The molecule has 168 valence electrons. The van der Waals surface area contributed by atoms with Crippen LogP contribution in [-0.2, 0) is 24.6 Å². The van der Waals surface area contributed by atoms with Crippen LogP contribution in [0.25, 0.3) is 0 Å². The fourth-order valence-corrected chi connectivity index (χ4v) is 6.88. The number of carbonyl (C=O) groups is 1. The van der Waals surface area contributed by atoms with Crippen molar-refractivity contribution >= 4 is 25.8 Å². The second-order valence-corrected chi connectivity index (χ2v) is 11.7. The van der Waals surface area contributed by atoms with E-state index in [0.29, 0.717) is 12.8 Å². The lowest BCUT2D eigenvalue weighted by molar-refractivity contribution is 0.0688. The Morgan fingerprint density at radius 2 is 2.00 bits per heavy atom. The monoisotopic (exact) mass is 462 g/mol. The predicted molar refractivity (Wildman–Crippen MR) is 109 cm³/mol. The topological polar surface area (TPSA) is 101 Å². The number of unbranched alkanes of at least 4 members (excludes halogenated alkanes) is 1. The highest BCUT2D eigenvalue weighted by Gasteiger charge is 2.36. The summed E-state index contributed by atoms with van der Waals surface area (Å²) in [6.45, 7) is 3.14. The first-order valence-electron chi connectivity index (χ1n) is 10.0. The van der Waals surface area contributed by atoms with Gasteiger partial charge in [-0.25, -0.2) is 21.2 Å². The zero-order chi connectivity index (χ0) is 21.9. The van der Waals surface area contributed by atoms with Crippen LogP contribution < -0.4 is 0 Å². The van der Waals surface area contributed by atoms with E-state index in [1.54, 1.807) is 0 Å². The van der Waals surface area contributed by atoms with Crippen molar-refractivity contribution in [1.29, 1.82) is 0 Å². The highest BCUT2D eigenvalue weighted by atomic mass is 32.2. The fraction of sp³-hybridized carbons (Fsp3) is 0.632. The maximum absolute atomic E-state index is 14.6. The number of halogens is 1. The summed E-state index contributed by atoms with van der Waals surface area (Å²) in [5.74, 6) is -1.68. The minimum absolute atomic E-state index is 0.0124. The number of morpholine rings is 1. The molecule has 1 amide bonds. The maximum atomic E-state index is 14.6. The van der Waals surface area contributed by atoms with Gasteiger partial charge in [-0.1, -0.05) is 13.3 Å². The number of hydrogen-bond donors (Lipinski definition) is 0. The third-order valence-electron chi connectivity index (χ3n) is 5.44. The second-order valence-electron chi connectivity index (χ2n) is 7.57. The first-order valence-corrected chi connectivity index (χ1v) is 13.3. The molecule has 8 nitrogen and oxygen atoms in total. The van der Waals surface area contributed by atoms with E-state index in [2.05, 4.69) is 0 Å². The minimum atomic E-state index is -3.90. The molecule has 1 aromatic rings. The SMILES string of the molecule is CCCCN(C(=O)c1cc(S(=O)(=O)N2CCOCC2)ccc1F)C1CCS(=O)(=O)C1. The Kier molecular flexibility index (Phi) is 7.16. The van der Waals surface area contributed by atoms with E-state index in [4.69, 9.17) is 4.74 Å². The average Bonchev–Trinajstić information content (AvgIpc) is 3.08. The molecule has 1 atom stereocenters. The van der Waals surface area contributed by atoms with Crippen LogP contribution in [0, 0.1) is 5.82 Å². The van der Waals surface area contributed by atoms with Crippen LogP contribution >= 0.6 is 0 Å². The first-order chi connectivity index (χ1) is 14.2. The van der Waals surface area contributed by atoms with Crippen LogP contribution in [0.1, 0.15) is 36.5 Å². The summed E-state index contributed by atoms with van der Waals surface area (Å²) in [4.78, 5) is 14.4. The van der Waals surface area contributed by atoms with Gasteiger partial charge in [-0.05, 0) is 31.0 Å². The van der Waals surface area contributed by atoms with Crippen molar-refractivity contribution in [3.8, 4) is 0 Å². The summed E-state index contributed by atoms with van der Waals surface area (Å²) in [6, 6.07) is 2.65. The Bertz CT molecular complexity index is 990. The highest BCUT2D eigenvalue weighted by molar-refractivity contribution is 7.91. The lowest BCUT2D eigenvalue weighted by Crippen LogP contribution is -2.42. The number of rotatable bonds is 7. The standard InChI is InChI=1S/C19H27FN2O6S2/c1-2-3-7-22(15-6-12-29(24,25)14-15)19(23)17-13-16(4-5-18(17)20)30(26,27)21-8-10-28-11-9-21/h4-5,13,15H,2-3,6-12,14H2,1H3. The smallest absolute Gasteiger partial charge is 0.257 e. The molecule has 2 aliphatic rings. The van der Waals surface area contributed by atoms with Crippen molar-refractivity contribution in [2.45, 2.75) is 37.1 Å². The molecule has 1 aromatic carbocycles. The molecule has 0 N–H and O–H groups in total. The summed E-state index contributed by atoms with van der Waals surface area (Å²) in [5, 5.41) is 0. The van der Waals surface area contributed by atoms with Crippen LogP contribution in [0.4, 0.5) is 4.39 Å². The zero-order valence-corrected chi connectivity index (χ0v) is 18.6. The summed E-state index contributed by atoms with van der Waals surface area (Å²) in [6.07, 6.45) is 1.71. The third-order valence-corrected chi connectivity index (χ3v) is 9.08. The first kappa shape index (κ1) is 23.1. The van der Waals surface area contributed by atoms with E-state index in [1.807, 2.05) is 6.92 Å². The third kappa shape index (κ3) is 5.01. The number of sulfone groups is 1. The molecule has 3 rings (SSSR count). The molecule has 0 radical (unpaired) electrons. The molecule has 2 saturated heterocycles. The minimum Gasteiger partial charge on any atom is -0.379 e. The second kappa shape index (κ2) is 9.29. The van der Waals surface area contributed by atoms with Crippen molar-refractivity contribution < 1.29 is 30.8 Å². The Balaban J connectivity index is 1.92. The molecular formula is C19H27FN2O6S2. The van der Waals surface area contributed by atoms with Gasteiger partial charge in [0, 0.05) is 25.7 Å². The molecule has 2 heterocycles. The number of sulfonamides is 1. The molecule has 2 aliphatic heterocycles. The normalized spacial score (nSPS) is 22.1. The van der Waals surface area contributed by atoms with Crippen LogP contribution in [0.15, 0.2) is 23.1 Å². The lowest BCUT2D eigenvalue weighted by Gasteiger charge is -2.29. The van der Waals surface area contributed by atoms with E-state index >= 15 is 0 Å². The van der Waals surface area contributed by atoms with Gasteiger partial charge >= 0.3 is 0 Å². The number of amides is 1. The molecule has 0 saturated carbocycles. The van der Waals surface area contributed by atoms with Gasteiger partial charge in [-0.3, -0.25) is 4.79 Å².